The summed E-state index contributed by atoms with van der Waals surface area (Å²) in [6, 6.07) is 20.9. The molecule has 2 amide bonds. The smallest absolute Gasteiger partial charge is 0.253 e. The fourth-order valence-corrected chi connectivity index (χ4v) is 3.33. The highest BCUT2D eigenvalue weighted by Gasteiger charge is 2.20. The minimum absolute atomic E-state index is 0.0617. The van der Waals surface area contributed by atoms with Gasteiger partial charge in [0.2, 0.25) is 5.91 Å². The molecule has 0 saturated carbocycles. The molecule has 4 nitrogen and oxygen atoms in total. The molecule has 6 heteroatoms. The zero-order chi connectivity index (χ0) is 20.8. The normalized spacial score (nSPS) is 11.6. The van der Waals surface area contributed by atoms with Crippen molar-refractivity contribution < 1.29 is 9.59 Å². The van der Waals surface area contributed by atoms with Gasteiger partial charge in [-0.05, 0) is 42.3 Å². The molecule has 0 radical (unpaired) electrons. The Kier molecular flexibility index (Phi) is 6.91. The number of hydrogen-bond acceptors (Lipinski definition) is 2. The number of rotatable bonds is 6. The zero-order valence-electron chi connectivity index (χ0n) is 15.8. The second-order valence-electron chi connectivity index (χ2n) is 6.63. The Morgan fingerprint density at radius 2 is 1.62 bits per heavy atom. The standard InChI is InChI=1S/C23H20Cl2N2O2/c1-15-11-12-17(24)13-20(15)26-22(28)14-21(16-7-3-2-4-8-16)27-23(29)18-9-5-6-10-19(18)25/h2-13,21H,14H2,1H3,(H,26,28)(H,27,29). The van der Waals surface area contributed by atoms with Gasteiger partial charge in [0.05, 0.1) is 23.0 Å². The van der Waals surface area contributed by atoms with Gasteiger partial charge in [-0.15, -0.1) is 0 Å². The summed E-state index contributed by atoms with van der Waals surface area (Å²) in [6.07, 6.45) is 0.0617. The Bertz CT molecular complexity index is 1020. The van der Waals surface area contributed by atoms with Gasteiger partial charge in [-0.25, -0.2) is 0 Å². The van der Waals surface area contributed by atoms with Crippen molar-refractivity contribution in [3.8, 4) is 0 Å². The molecule has 0 saturated heterocycles. The first-order valence-corrected chi connectivity index (χ1v) is 9.86. The van der Waals surface area contributed by atoms with Gasteiger partial charge < -0.3 is 10.6 Å². The van der Waals surface area contributed by atoms with Crippen LogP contribution in [-0.2, 0) is 4.79 Å². The minimum atomic E-state index is -0.514. The van der Waals surface area contributed by atoms with Gasteiger partial charge in [0, 0.05) is 10.7 Å². The Morgan fingerprint density at radius 3 is 2.34 bits per heavy atom. The fraction of sp³-hybridized carbons (Fsp3) is 0.130. The Morgan fingerprint density at radius 1 is 0.931 bits per heavy atom. The molecule has 3 aromatic rings. The molecular weight excluding hydrogens is 407 g/mol. The summed E-state index contributed by atoms with van der Waals surface area (Å²) in [6.45, 7) is 1.89. The highest BCUT2D eigenvalue weighted by molar-refractivity contribution is 6.33. The van der Waals surface area contributed by atoms with Gasteiger partial charge in [0.1, 0.15) is 0 Å². The van der Waals surface area contributed by atoms with Crippen molar-refractivity contribution in [2.24, 2.45) is 0 Å². The van der Waals surface area contributed by atoms with E-state index < -0.39 is 6.04 Å². The largest absolute Gasteiger partial charge is 0.345 e. The summed E-state index contributed by atoms with van der Waals surface area (Å²) in [5.74, 6) is -0.570. The number of carbonyl (C=O) groups is 2. The predicted octanol–water partition coefficient (Wildman–Crippen LogP) is 5.80. The van der Waals surface area contributed by atoms with Crippen molar-refractivity contribution in [1.29, 1.82) is 0 Å². The number of halogens is 2. The highest BCUT2D eigenvalue weighted by Crippen LogP contribution is 2.23. The van der Waals surface area contributed by atoms with Crippen molar-refractivity contribution in [3.05, 3.63) is 99.5 Å². The van der Waals surface area contributed by atoms with Crippen molar-refractivity contribution in [2.75, 3.05) is 5.32 Å². The average Bonchev–Trinajstić information content (AvgIpc) is 2.71. The fourth-order valence-electron chi connectivity index (χ4n) is 2.93. The predicted molar refractivity (Wildman–Crippen MR) is 118 cm³/mol. The first-order valence-electron chi connectivity index (χ1n) is 9.10. The van der Waals surface area contributed by atoms with Crippen LogP contribution in [-0.4, -0.2) is 11.8 Å². The van der Waals surface area contributed by atoms with Crippen LogP contribution in [0.1, 0.15) is 33.9 Å². The van der Waals surface area contributed by atoms with E-state index in [4.69, 9.17) is 23.2 Å². The lowest BCUT2D eigenvalue weighted by Gasteiger charge is -2.20. The van der Waals surface area contributed by atoms with E-state index in [-0.39, 0.29) is 18.2 Å². The number of anilines is 1. The van der Waals surface area contributed by atoms with E-state index in [1.54, 1.807) is 36.4 Å². The van der Waals surface area contributed by atoms with Gasteiger partial charge in [-0.2, -0.15) is 0 Å². The Hall–Kier alpha value is -2.82. The van der Waals surface area contributed by atoms with Gasteiger partial charge in [-0.1, -0.05) is 71.7 Å². The molecule has 0 fully saturated rings. The molecule has 148 valence electrons. The SMILES string of the molecule is Cc1ccc(Cl)cc1NC(=O)CC(NC(=O)c1ccccc1Cl)c1ccccc1. The van der Waals surface area contributed by atoms with Crippen LogP contribution < -0.4 is 10.6 Å². The molecule has 0 heterocycles. The first kappa shape index (κ1) is 20.9. The van der Waals surface area contributed by atoms with E-state index in [0.29, 0.717) is 21.3 Å². The number of carbonyl (C=O) groups excluding carboxylic acids is 2. The van der Waals surface area contributed by atoms with Crippen molar-refractivity contribution >= 4 is 40.7 Å². The maximum atomic E-state index is 12.7. The third-order valence-corrected chi connectivity index (χ3v) is 5.05. The lowest BCUT2D eigenvalue weighted by molar-refractivity contribution is -0.116. The molecule has 0 aliphatic carbocycles. The van der Waals surface area contributed by atoms with E-state index in [9.17, 15) is 9.59 Å². The van der Waals surface area contributed by atoms with Gasteiger partial charge in [0.25, 0.3) is 5.91 Å². The highest BCUT2D eigenvalue weighted by atomic mass is 35.5. The maximum absolute atomic E-state index is 12.7. The van der Waals surface area contributed by atoms with Crippen LogP contribution in [0.3, 0.4) is 0 Å². The summed E-state index contributed by atoms with van der Waals surface area (Å²) < 4.78 is 0. The second-order valence-corrected chi connectivity index (χ2v) is 7.47. The second kappa shape index (κ2) is 9.59. The van der Waals surface area contributed by atoms with Gasteiger partial charge in [-0.3, -0.25) is 9.59 Å². The number of hydrogen-bond donors (Lipinski definition) is 2. The van der Waals surface area contributed by atoms with E-state index in [1.165, 1.54) is 0 Å². The quantitative estimate of drug-likeness (QED) is 0.522. The average molecular weight is 427 g/mol. The lowest BCUT2D eigenvalue weighted by Crippen LogP contribution is -2.31. The number of amides is 2. The summed E-state index contributed by atoms with van der Waals surface area (Å²) in [7, 11) is 0. The molecule has 1 atom stereocenters. The molecule has 1 unspecified atom stereocenters. The van der Waals surface area contributed by atoms with Crippen LogP contribution in [0.25, 0.3) is 0 Å². The van der Waals surface area contributed by atoms with Gasteiger partial charge in [0.15, 0.2) is 0 Å². The molecular formula is C23H20Cl2N2O2. The van der Waals surface area contributed by atoms with E-state index in [0.717, 1.165) is 11.1 Å². The van der Waals surface area contributed by atoms with Crippen LogP contribution in [0.5, 0.6) is 0 Å². The molecule has 3 aromatic carbocycles. The Balaban J connectivity index is 1.79. The number of benzene rings is 3. The monoisotopic (exact) mass is 426 g/mol. The van der Waals surface area contributed by atoms with E-state index in [2.05, 4.69) is 10.6 Å². The molecule has 0 spiro atoms. The van der Waals surface area contributed by atoms with Crippen LogP contribution in [0.4, 0.5) is 5.69 Å². The first-order chi connectivity index (χ1) is 13.9. The Labute approximate surface area is 179 Å². The van der Waals surface area contributed by atoms with E-state index >= 15 is 0 Å². The number of aryl methyl sites for hydroxylation is 1. The van der Waals surface area contributed by atoms with Crippen molar-refractivity contribution in [3.63, 3.8) is 0 Å². The summed E-state index contributed by atoms with van der Waals surface area (Å²) in [5.41, 5.74) is 2.73. The third kappa shape index (κ3) is 5.59. The molecule has 3 rings (SSSR count). The molecule has 2 N–H and O–H groups in total. The summed E-state index contributed by atoms with van der Waals surface area (Å²) in [5, 5.41) is 6.69. The summed E-state index contributed by atoms with van der Waals surface area (Å²) in [4.78, 5) is 25.5. The molecule has 0 aliphatic rings. The lowest BCUT2D eigenvalue weighted by atomic mass is 10.0. The maximum Gasteiger partial charge on any atom is 0.253 e. The third-order valence-electron chi connectivity index (χ3n) is 4.49. The van der Waals surface area contributed by atoms with Crippen molar-refractivity contribution in [2.45, 2.75) is 19.4 Å². The molecule has 29 heavy (non-hydrogen) atoms. The van der Waals surface area contributed by atoms with Crippen LogP contribution >= 0.6 is 23.2 Å². The topological polar surface area (TPSA) is 58.2 Å². The minimum Gasteiger partial charge on any atom is -0.345 e. The molecule has 0 bridgehead atoms. The van der Waals surface area contributed by atoms with Crippen LogP contribution in [0, 0.1) is 6.92 Å². The van der Waals surface area contributed by atoms with Gasteiger partial charge >= 0.3 is 0 Å². The van der Waals surface area contributed by atoms with Crippen LogP contribution in [0.15, 0.2) is 72.8 Å². The molecule has 0 aromatic heterocycles. The summed E-state index contributed by atoms with van der Waals surface area (Å²) >= 11 is 12.2. The van der Waals surface area contributed by atoms with Crippen LogP contribution in [0.2, 0.25) is 10.0 Å². The van der Waals surface area contributed by atoms with E-state index in [1.807, 2.05) is 43.3 Å². The zero-order valence-corrected chi connectivity index (χ0v) is 17.3. The number of nitrogens with one attached hydrogen (secondary N) is 2. The molecule has 0 aliphatic heterocycles. The van der Waals surface area contributed by atoms with Crippen molar-refractivity contribution in [1.82, 2.24) is 5.32 Å².